The van der Waals surface area contributed by atoms with Gasteiger partial charge < -0.3 is 14.7 Å². The highest BCUT2D eigenvalue weighted by Gasteiger charge is 2.20. The number of hydrogen-bond donors (Lipinski definition) is 1. The molecule has 0 aliphatic rings. The molecule has 8 heteroatoms. The summed E-state index contributed by atoms with van der Waals surface area (Å²) in [4.78, 5) is 42.9. The third-order valence-corrected chi connectivity index (χ3v) is 4.26. The molecule has 0 aliphatic heterocycles. The summed E-state index contributed by atoms with van der Waals surface area (Å²) in [5, 5.41) is 0.172. The largest absolute Gasteiger partial charge is 0.344 e. The fourth-order valence-electron chi connectivity index (χ4n) is 2.41. The molecule has 26 heavy (non-hydrogen) atoms. The SMILES string of the molecule is CCCCCN(C)C(=O)CN(C)C(=O)CN(C)C(=O)CN(C)CC(C)S. The topological polar surface area (TPSA) is 64.2 Å². The van der Waals surface area contributed by atoms with Gasteiger partial charge in [-0.15, -0.1) is 0 Å². The van der Waals surface area contributed by atoms with Gasteiger partial charge in [0.25, 0.3) is 0 Å². The number of hydrogen-bond acceptors (Lipinski definition) is 5. The van der Waals surface area contributed by atoms with Crippen molar-refractivity contribution in [2.45, 2.75) is 38.4 Å². The molecule has 1 unspecified atom stereocenters. The molecule has 0 saturated heterocycles. The second kappa shape index (κ2) is 13.0. The van der Waals surface area contributed by atoms with Crippen LogP contribution in [-0.4, -0.2) is 103 Å². The van der Waals surface area contributed by atoms with Gasteiger partial charge in [0, 0.05) is 39.5 Å². The number of thiol groups is 1. The van der Waals surface area contributed by atoms with Crippen molar-refractivity contribution >= 4 is 30.4 Å². The maximum atomic E-state index is 12.3. The average molecular weight is 389 g/mol. The smallest absolute Gasteiger partial charge is 0.242 e. The molecule has 152 valence electrons. The highest BCUT2D eigenvalue weighted by Crippen LogP contribution is 2.00. The van der Waals surface area contributed by atoms with Crippen LogP contribution in [0.15, 0.2) is 0 Å². The second-order valence-corrected chi connectivity index (χ2v) is 7.95. The highest BCUT2D eigenvalue weighted by atomic mass is 32.1. The first-order valence-corrected chi connectivity index (χ1v) is 9.68. The summed E-state index contributed by atoms with van der Waals surface area (Å²) in [7, 11) is 6.79. The molecule has 0 rings (SSSR count). The van der Waals surface area contributed by atoms with Crippen LogP contribution in [0.5, 0.6) is 0 Å². The lowest BCUT2D eigenvalue weighted by Gasteiger charge is -2.25. The summed E-state index contributed by atoms with van der Waals surface area (Å²) in [6.07, 6.45) is 3.15. The Morgan fingerprint density at radius 3 is 1.73 bits per heavy atom. The van der Waals surface area contributed by atoms with E-state index in [4.69, 9.17) is 0 Å². The molecule has 0 saturated carbocycles. The number of unbranched alkanes of at least 4 members (excludes halogenated alkanes) is 2. The number of likely N-dealkylation sites (N-methyl/N-ethyl adjacent to an activating group) is 4. The van der Waals surface area contributed by atoms with E-state index >= 15 is 0 Å². The molecule has 0 aromatic rings. The van der Waals surface area contributed by atoms with Gasteiger partial charge in [0.05, 0.1) is 19.6 Å². The Balaban J connectivity index is 4.34. The first kappa shape index (κ1) is 24.7. The maximum Gasteiger partial charge on any atom is 0.242 e. The minimum Gasteiger partial charge on any atom is -0.344 e. The van der Waals surface area contributed by atoms with E-state index in [1.807, 2.05) is 18.9 Å². The summed E-state index contributed by atoms with van der Waals surface area (Å²) < 4.78 is 0. The molecular weight excluding hydrogens is 352 g/mol. The zero-order chi connectivity index (χ0) is 20.3. The van der Waals surface area contributed by atoms with Gasteiger partial charge in [-0.05, 0) is 13.5 Å². The summed E-state index contributed by atoms with van der Waals surface area (Å²) >= 11 is 4.31. The van der Waals surface area contributed by atoms with Crippen molar-refractivity contribution in [3.8, 4) is 0 Å². The molecule has 0 bridgehead atoms. The molecule has 0 fully saturated rings. The van der Waals surface area contributed by atoms with Gasteiger partial charge in [-0.25, -0.2) is 0 Å². The molecule has 7 nitrogen and oxygen atoms in total. The maximum absolute atomic E-state index is 12.3. The van der Waals surface area contributed by atoms with Gasteiger partial charge in [0.1, 0.15) is 0 Å². The van der Waals surface area contributed by atoms with E-state index in [2.05, 4.69) is 19.6 Å². The molecule has 3 amide bonds. The van der Waals surface area contributed by atoms with Gasteiger partial charge in [-0.3, -0.25) is 19.3 Å². The van der Waals surface area contributed by atoms with E-state index in [9.17, 15) is 14.4 Å². The lowest BCUT2D eigenvalue weighted by molar-refractivity contribution is -0.142. The van der Waals surface area contributed by atoms with Crippen molar-refractivity contribution < 1.29 is 14.4 Å². The molecule has 0 N–H and O–H groups in total. The predicted molar refractivity (Wildman–Crippen MR) is 108 cm³/mol. The van der Waals surface area contributed by atoms with Crippen LogP contribution in [0.2, 0.25) is 0 Å². The monoisotopic (exact) mass is 388 g/mol. The van der Waals surface area contributed by atoms with Crippen LogP contribution >= 0.6 is 12.6 Å². The molecule has 0 heterocycles. The lowest BCUT2D eigenvalue weighted by atomic mass is 10.2. The van der Waals surface area contributed by atoms with Gasteiger partial charge in [0.15, 0.2) is 0 Å². The average Bonchev–Trinajstić information content (AvgIpc) is 2.53. The van der Waals surface area contributed by atoms with E-state index in [-0.39, 0.29) is 42.6 Å². The Hall–Kier alpha value is -1.28. The first-order chi connectivity index (χ1) is 12.1. The van der Waals surface area contributed by atoms with Crippen LogP contribution in [0.1, 0.15) is 33.1 Å². The van der Waals surface area contributed by atoms with Crippen molar-refractivity contribution in [1.82, 2.24) is 19.6 Å². The van der Waals surface area contributed by atoms with Gasteiger partial charge >= 0.3 is 0 Å². The zero-order valence-corrected chi connectivity index (χ0v) is 18.1. The summed E-state index contributed by atoms with van der Waals surface area (Å²) in [5.74, 6) is -0.471. The molecule has 0 spiro atoms. The van der Waals surface area contributed by atoms with Crippen LogP contribution in [0.25, 0.3) is 0 Å². The number of carbonyl (C=O) groups is 3. The Bertz CT molecular complexity index is 460. The Morgan fingerprint density at radius 1 is 0.808 bits per heavy atom. The predicted octanol–water partition coefficient (Wildman–Crippen LogP) is 0.802. The third kappa shape index (κ3) is 10.7. The fourth-order valence-corrected chi connectivity index (χ4v) is 2.69. The minimum atomic E-state index is -0.249. The number of carbonyl (C=O) groups excluding carboxylic acids is 3. The van der Waals surface area contributed by atoms with E-state index in [1.165, 1.54) is 9.80 Å². The molecule has 0 radical (unpaired) electrons. The van der Waals surface area contributed by atoms with Gasteiger partial charge in [0.2, 0.25) is 17.7 Å². The van der Waals surface area contributed by atoms with E-state index in [1.54, 1.807) is 26.0 Å². The van der Waals surface area contributed by atoms with Crippen LogP contribution in [0, 0.1) is 0 Å². The van der Waals surface area contributed by atoms with Crippen LogP contribution in [0.3, 0.4) is 0 Å². The lowest BCUT2D eigenvalue weighted by Crippen LogP contribution is -2.46. The quantitative estimate of drug-likeness (QED) is 0.397. The van der Waals surface area contributed by atoms with Crippen molar-refractivity contribution in [2.75, 3.05) is 60.9 Å². The van der Waals surface area contributed by atoms with Crippen LogP contribution in [0.4, 0.5) is 0 Å². The summed E-state index contributed by atoms with van der Waals surface area (Å²) in [6, 6.07) is 0. The minimum absolute atomic E-state index is 0.0283. The first-order valence-electron chi connectivity index (χ1n) is 9.16. The zero-order valence-electron chi connectivity index (χ0n) is 17.2. The van der Waals surface area contributed by atoms with Crippen LogP contribution in [-0.2, 0) is 14.4 Å². The van der Waals surface area contributed by atoms with Gasteiger partial charge in [-0.2, -0.15) is 12.6 Å². The van der Waals surface area contributed by atoms with Crippen molar-refractivity contribution in [3.63, 3.8) is 0 Å². The molecular formula is C18H36N4O3S. The number of rotatable bonds is 12. The second-order valence-electron chi connectivity index (χ2n) is 7.07. The van der Waals surface area contributed by atoms with Crippen molar-refractivity contribution in [3.05, 3.63) is 0 Å². The number of amides is 3. The fraction of sp³-hybridized carbons (Fsp3) is 0.833. The van der Waals surface area contributed by atoms with E-state index < -0.39 is 0 Å². The third-order valence-electron chi connectivity index (χ3n) is 4.10. The summed E-state index contributed by atoms with van der Waals surface area (Å²) in [5.41, 5.74) is 0. The van der Waals surface area contributed by atoms with Crippen molar-refractivity contribution in [1.29, 1.82) is 0 Å². The highest BCUT2D eigenvalue weighted by molar-refractivity contribution is 7.80. The van der Waals surface area contributed by atoms with E-state index in [0.29, 0.717) is 13.1 Å². The standard InChI is InChI=1S/C18H36N4O3S/c1-7-8-9-10-20(4)17(24)13-22(6)18(25)14-21(5)16(23)12-19(3)11-15(2)26/h15,26H,7-14H2,1-6H3. The Morgan fingerprint density at radius 2 is 1.27 bits per heavy atom. The molecule has 0 aromatic heterocycles. The normalized spacial score (nSPS) is 12.0. The summed E-state index contributed by atoms with van der Waals surface area (Å²) in [6.45, 7) is 5.69. The Kier molecular flexibility index (Phi) is 12.3. The molecule has 1 atom stereocenters. The van der Waals surface area contributed by atoms with E-state index in [0.717, 1.165) is 19.3 Å². The van der Waals surface area contributed by atoms with Crippen molar-refractivity contribution in [2.24, 2.45) is 0 Å². The van der Waals surface area contributed by atoms with Crippen LogP contribution < -0.4 is 0 Å². The Labute approximate surface area is 164 Å². The molecule has 0 aliphatic carbocycles. The number of nitrogens with zero attached hydrogens (tertiary/aromatic N) is 4. The molecule has 0 aromatic carbocycles. The van der Waals surface area contributed by atoms with Gasteiger partial charge in [-0.1, -0.05) is 26.7 Å².